The van der Waals surface area contributed by atoms with Gasteiger partial charge in [-0.25, -0.2) is 4.72 Å². The fraction of sp³-hybridized carbons (Fsp3) is 0.438. The second-order valence-electron chi connectivity index (χ2n) is 5.70. The van der Waals surface area contributed by atoms with E-state index in [1.807, 2.05) is 4.68 Å². The lowest BCUT2D eigenvalue weighted by molar-refractivity contribution is 0.228. The molecule has 0 saturated heterocycles. The molecule has 2 N–H and O–H groups in total. The number of hydrogen-bond acceptors (Lipinski definition) is 4. The van der Waals surface area contributed by atoms with Crippen LogP contribution in [0.1, 0.15) is 37.4 Å². The fourth-order valence-corrected chi connectivity index (χ4v) is 3.51. The number of nitrogens with zero attached hydrogens (tertiary/aromatic N) is 2. The third kappa shape index (κ3) is 2.61. The van der Waals surface area contributed by atoms with Crippen LogP contribution < -0.4 is 4.72 Å². The molecule has 21 heavy (non-hydrogen) atoms. The van der Waals surface area contributed by atoms with E-state index in [1.165, 1.54) is 17.7 Å². The number of aromatic nitrogens is 2. The third-order valence-electron chi connectivity index (χ3n) is 4.44. The molecule has 1 heterocycles. The van der Waals surface area contributed by atoms with Crippen molar-refractivity contribution in [3.8, 4) is 11.3 Å². The van der Waals surface area contributed by atoms with Crippen LogP contribution in [0.15, 0.2) is 30.3 Å². The Hall–Kier alpha value is -1.30. The summed E-state index contributed by atoms with van der Waals surface area (Å²) in [7, 11) is 0. The maximum absolute atomic E-state index is 9.18. The fourth-order valence-electron chi connectivity index (χ4n) is 3.01. The van der Waals surface area contributed by atoms with Gasteiger partial charge in [-0.15, -0.1) is 0 Å². The summed E-state index contributed by atoms with van der Waals surface area (Å²) >= 11 is 0.721. The highest BCUT2D eigenvalue weighted by atomic mass is 32.2. The molecule has 1 aliphatic carbocycles. The molecule has 1 aromatic heterocycles. The van der Waals surface area contributed by atoms with E-state index in [0.717, 1.165) is 42.9 Å². The highest BCUT2D eigenvalue weighted by Crippen LogP contribution is 2.43. The van der Waals surface area contributed by atoms with Gasteiger partial charge in [-0.1, -0.05) is 18.2 Å². The molecule has 5 heteroatoms. The molecule has 1 aliphatic rings. The van der Waals surface area contributed by atoms with Gasteiger partial charge in [0.25, 0.3) is 0 Å². The van der Waals surface area contributed by atoms with E-state index < -0.39 is 0 Å². The van der Waals surface area contributed by atoms with E-state index in [-0.39, 0.29) is 5.54 Å². The van der Waals surface area contributed by atoms with Crippen molar-refractivity contribution in [3.63, 3.8) is 0 Å². The van der Waals surface area contributed by atoms with E-state index in [9.17, 15) is 4.55 Å². The summed E-state index contributed by atoms with van der Waals surface area (Å²) in [6, 6.07) is 10.6. The highest BCUT2D eigenvalue weighted by Gasteiger charge is 2.38. The van der Waals surface area contributed by atoms with E-state index in [0.29, 0.717) is 0 Å². The second kappa shape index (κ2) is 5.83. The van der Waals surface area contributed by atoms with Gasteiger partial charge in [0, 0.05) is 17.8 Å². The maximum Gasteiger partial charge on any atom is 0.0926 e. The van der Waals surface area contributed by atoms with Crippen molar-refractivity contribution < 1.29 is 4.55 Å². The van der Waals surface area contributed by atoms with E-state index in [4.69, 9.17) is 0 Å². The van der Waals surface area contributed by atoms with Gasteiger partial charge in [0.15, 0.2) is 0 Å². The van der Waals surface area contributed by atoms with Crippen LogP contribution in [0.4, 0.5) is 0 Å². The predicted octanol–water partition coefficient (Wildman–Crippen LogP) is 3.97. The molecule has 0 atom stereocenters. The van der Waals surface area contributed by atoms with Crippen LogP contribution in [-0.2, 0) is 12.1 Å². The van der Waals surface area contributed by atoms with Crippen LogP contribution in [0, 0.1) is 6.92 Å². The molecule has 0 amide bonds. The van der Waals surface area contributed by atoms with E-state index >= 15 is 0 Å². The van der Waals surface area contributed by atoms with Crippen molar-refractivity contribution in [2.45, 2.75) is 45.2 Å². The predicted molar refractivity (Wildman–Crippen MR) is 87.0 cm³/mol. The van der Waals surface area contributed by atoms with E-state index in [1.54, 1.807) is 0 Å². The van der Waals surface area contributed by atoms with Crippen LogP contribution in [0.3, 0.4) is 0 Å². The zero-order chi connectivity index (χ0) is 14.9. The number of hydrogen-bond donors (Lipinski definition) is 2. The molecular weight excluding hydrogens is 282 g/mol. The molecule has 1 fully saturated rings. The van der Waals surface area contributed by atoms with Gasteiger partial charge in [0.1, 0.15) is 0 Å². The monoisotopic (exact) mass is 303 g/mol. The van der Waals surface area contributed by atoms with Crippen LogP contribution in [0.2, 0.25) is 0 Å². The topological polar surface area (TPSA) is 50.1 Å². The largest absolute Gasteiger partial charge is 0.317 e. The molecular formula is C16H21N3OS. The van der Waals surface area contributed by atoms with Crippen LogP contribution in [0.25, 0.3) is 11.3 Å². The lowest BCUT2D eigenvalue weighted by Crippen LogP contribution is -2.44. The van der Waals surface area contributed by atoms with Crippen molar-refractivity contribution in [1.82, 2.24) is 14.5 Å². The Labute approximate surface area is 129 Å². The molecule has 0 unspecified atom stereocenters. The molecule has 0 radical (unpaired) electrons. The minimum Gasteiger partial charge on any atom is -0.317 e. The summed E-state index contributed by atoms with van der Waals surface area (Å²) in [6.45, 7) is 5.07. The molecule has 0 aliphatic heterocycles. The number of benzene rings is 1. The molecule has 112 valence electrons. The van der Waals surface area contributed by atoms with Gasteiger partial charge < -0.3 is 4.55 Å². The summed E-state index contributed by atoms with van der Waals surface area (Å²) in [5.74, 6) is 0. The molecule has 4 nitrogen and oxygen atoms in total. The van der Waals surface area contributed by atoms with Crippen molar-refractivity contribution in [3.05, 3.63) is 41.6 Å². The summed E-state index contributed by atoms with van der Waals surface area (Å²) in [5.41, 5.74) is 4.48. The highest BCUT2D eigenvalue weighted by molar-refractivity contribution is 7.91. The van der Waals surface area contributed by atoms with Crippen LogP contribution in [-0.4, -0.2) is 14.3 Å². The van der Waals surface area contributed by atoms with Crippen molar-refractivity contribution in [2.75, 3.05) is 0 Å². The average Bonchev–Trinajstić information content (AvgIpc) is 2.84. The van der Waals surface area contributed by atoms with Gasteiger partial charge in [-0.3, -0.25) is 4.68 Å². The summed E-state index contributed by atoms with van der Waals surface area (Å²) in [5, 5.41) is 4.65. The standard InChI is InChI=1S/C16H21N3OS/c1-3-19-12(2)10-15(17-19)13-6-4-7-14(11-13)16(18-21-20)8-5-9-16/h4,6-7,10-11,18,20H,3,5,8-9H2,1-2H3. The van der Waals surface area contributed by atoms with Gasteiger partial charge in [-0.05, 0) is 50.8 Å². The minimum absolute atomic E-state index is 0.0855. The van der Waals surface area contributed by atoms with Crippen molar-refractivity contribution in [2.24, 2.45) is 0 Å². The first-order valence-electron chi connectivity index (χ1n) is 7.41. The number of rotatable bonds is 5. The minimum atomic E-state index is -0.0855. The number of nitrogens with one attached hydrogen (secondary N) is 1. The summed E-state index contributed by atoms with van der Waals surface area (Å²) in [4.78, 5) is 0. The van der Waals surface area contributed by atoms with E-state index in [2.05, 4.69) is 54.0 Å². The molecule has 0 bridgehead atoms. The normalized spacial score (nSPS) is 16.7. The Balaban J connectivity index is 1.96. The van der Waals surface area contributed by atoms with Crippen LogP contribution in [0.5, 0.6) is 0 Å². The third-order valence-corrected chi connectivity index (χ3v) is 4.92. The lowest BCUT2D eigenvalue weighted by atomic mass is 9.72. The zero-order valence-corrected chi connectivity index (χ0v) is 13.3. The Morgan fingerprint density at radius 2 is 2.19 bits per heavy atom. The second-order valence-corrected chi connectivity index (χ2v) is 6.08. The first-order valence-corrected chi connectivity index (χ1v) is 8.19. The number of aryl methyl sites for hydroxylation is 2. The molecule has 0 spiro atoms. The maximum atomic E-state index is 9.18. The first-order chi connectivity index (χ1) is 10.2. The first kappa shape index (κ1) is 14.6. The Morgan fingerprint density at radius 1 is 1.38 bits per heavy atom. The molecule has 1 aromatic carbocycles. The summed E-state index contributed by atoms with van der Waals surface area (Å²) < 4.78 is 14.4. The van der Waals surface area contributed by atoms with Gasteiger partial charge in [-0.2, -0.15) is 5.10 Å². The average molecular weight is 303 g/mol. The van der Waals surface area contributed by atoms with Crippen molar-refractivity contribution in [1.29, 1.82) is 0 Å². The molecule has 2 aromatic rings. The van der Waals surface area contributed by atoms with Crippen LogP contribution >= 0.6 is 12.2 Å². The molecule has 1 saturated carbocycles. The Bertz CT molecular complexity index is 634. The smallest absolute Gasteiger partial charge is 0.0926 e. The van der Waals surface area contributed by atoms with Gasteiger partial charge >= 0.3 is 0 Å². The van der Waals surface area contributed by atoms with Crippen molar-refractivity contribution >= 4 is 12.2 Å². The Kier molecular flexibility index (Phi) is 4.06. The quantitative estimate of drug-likeness (QED) is 0.648. The lowest BCUT2D eigenvalue weighted by Gasteiger charge is -2.42. The summed E-state index contributed by atoms with van der Waals surface area (Å²) in [6.07, 6.45) is 3.32. The van der Waals surface area contributed by atoms with Gasteiger partial charge in [0.2, 0.25) is 0 Å². The SMILES string of the molecule is CCn1nc(-c2cccc(C3(NSO)CCC3)c2)cc1C. The Morgan fingerprint density at radius 3 is 2.76 bits per heavy atom. The zero-order valence-electron chi connectivity index (χ0n) is 12.5. The molecule has 3 rings (SSSR count). The van der Waals surface area contributed by atoms with Gasteiger partial charge in [0.05, 0.1) is 23.5 Å².